The number of para-hydroxylation sites is 1. The SMILES string of the molecule is N#CC1C[N+]1(C(=O)O)c1ccccc1. The van der Waals surface area contributed by atoms with Gasteiger partial charge in [0.05, 0.1) is 0 Å². The lowest BCUT2D eigenvalue weighted by atomic mass is 10.3. The standard InChI is InChI=1S/C10H8N2O2/c11-6-9-7-12(9,10(13)14)8-4-2-1-3-5-8/h1-5,9H,7H2/p+1. The van der Waals surface area contributed by atoms with Crippen LogP contribution in [0.1, 0.15) is 0 Å². The van der Waals surface area contributed by atoms with E-state index in [9.17, 15) is 4.79 Å². The summed E-state index contributed by atoms with van der Waals surface area (Å²) in [5.41, 5.74) is 0.673. The predicted octanol–water partition coefficient (Wildman–Crippen LogP) is 1.58. The summed E-state index contributed by atoms with van der Waals surface area (Å²) in [4.78, 5) is 11.1. The van der Waals surface area contributed by atoms with Gasteiger partial charge in [-0.05, 0) is 12.1 Å². The van der Waals surface area contributed by atoms with Crippen LogP contribution in [0.5, 0.6) is 0 Å². The van der Waals surface area contributed by atoms with Crippen LogP contribution >= 0.6 is 0 Å². The maximum Gasteiger partial charge on any atom is 0.520 e. The summed E-state index contributed by atoms with van der Waals surface area (Å²) in [6.45, 7) is 0.371. The Morgan fingerprint density at radius 1 is 1.50 bits per heavy atom. The van der Waals surface area contributed by atoms with Crippen molar-refractivity contribution in [1.29, 1.82) is 5.26 Å². The minimum atomic E-state index is -0.956. The Kier molecular flexibility index (Phi) is 1.76. The molecular formula is C10H9N2O2+. The summed E-state index contributed by atoms with van der Waals surface area (Å²) in [6, 6.07) is 10.4. The molecule has 0 saturated carbocycles. The molecule has 0 aromatic heterocycles. The zero-order valence-electron chi connectivity index (χ0n) is 7.42. The molecule has 70 valence electrons. The normalized spacial score (nSPS) is 29.2. The fourth-order valence-electron chi connectivity index (χ4n) is 1.67. The Bertz CT molecular complexity index is 410. The Balaban J connectivity index is 2.42. The summed E-state index contributed by atoms with van der Waals surface area (Å²) in [7, 11) is 0. The van der Waals surface area contributed by atoms with Crippen LogP contribution in [0.2, 0.25) is 0 Å². The van der Waals surface area contributed by atoms with Crippen LogP contribution in [-0.2, 0) is 0 Å². The second-order valence-corrected chi connectivity index (χ2v) is 3.31. The topological polar surface area (TPSA) is 61.1 Å². The van der Waals surface area contributed by atoms with Crippen molar-refractivity contribution in [2.45, 2.75) is 6.04 Å². The number of rotatable bonds is 1. The molecule has 2 atom stereocenters. The van der Waals surface area contributed by atoms with Gasteiger partial charge in [-0.15, -0.1) is 0 Å². The molecule has 1 aliphatic rings. The van der Waals surface area contributed by atoms with Crippen molar-refractivity contribution in [3.05, 3.63) is 30.3 Å². The molecule has 0 bridgehead atoms. The number of hydrogen-bond donors (Lipinski definition) is 1. The van der Waals surface area contributed by atoms with Crippen molar-refractivity contribution in [1.82, 2.24) is 4.48 Å². The Morgan fingerprint density at radius 3 is 2.57 bits per heavy atom. The van der Waals surface area contributed by atoms with Gasteiger partial charge < -0.3 is 5.11 Å². The lowest BCUT2D eigenvalue weighted by Crippen LogP contribution is -2.35. The van der Waals surface area contributed by atoms with Gasteiger partial charge in [0.2, 0.25) is 6.04 Å². The zero-order valence-corrected chi connectivity index (χ0v) is 7.42. The molecule has 1 heterocycles. The summed E-state index contributed by atoms with van der Waals surface area (Å²) in [6.07, 6.45) is -0.956. The number of quaternary nitrogens is 1. The third-order valence-electron chi connectivity index (χ3n) is 2.57. The molecule has 1 fully saturated rings. The van der Waals surface area contributed by atoms with Crippen molar-refractivity contribution in [3.8, 4) is 6.07 Å². The molecular weight excluding hydrogens is 180 g/mol. The van der Waals surface area contributed by atoms with Gasteiger partial charge in [-0.25, -0.2) is 0 Å². The lowest BCUT2D eigenvalue weighted by Gasteiger charge is -2.10. The number of carboxylic acid groups (broad SMARTS) is 1. The van der Waals surface area contributed by atoms with E-state index in [0.29, 0.717) is 12.2 Å². The Hall–Kier alpha value is -1.86. The molecule has 2 rings (SSSR count). The fraction of sp³-hybridized carbons (Fsp3) is 0.200. The molecule has 1 amide bonds. The van der Waals surface area contributed by atoms with E-state index in [1.54, 1.807) is 24.3 Å². The highest BCUT2D eigenvalue weighted by molar-refractivity contribution is 5.86. The summed E-state index contributed by atoms with van der Waals surface area (Å²) < 4.78 is -0.239. The lowest BCUT2D eigenvalue weighted by molar-refractivity contribution is 0.178. The van der Waals surface area contributed by atoms with Gasteiger partial charge in [0, 0.05) is 0 Å². The molecule has 1 N–H and O–H groups in total. The van der Waals surface area contributed by atoms with Gasteiger partial charge in [0.25, 0.3) is 0 Å². The monoisotopic (exact) mass is 189 g/mol. The van der Waals surface area contributed by atoms with Gasteiger partial charge in [-0.2, -0.15) is 14.5 Å². The first-order valence-electron chi connectivity index (χ1n) is 4.28. The van der Waals surface area contributed by atoms with Gasteiger partial charge >= 0.3 is 6.09 Å². The van der Waals surface area contributed by atoms with Gasteiger partial charge in [0.1, 0.15) is 11.8 Å². The second kappa shape index (κ2) is 2.82. The highest BCUT2D eigenvalue weighted by Gasteiger charge is 2.64. The van der Waals surface area contributed by atoms with Gasteiger partial charge in [0.15, 0.2) is 6.54 Å². The minimum Gasteiger partial charge on any atom is -0.435 e. The molecule has 4 heteroatoms. The molecule has 1 saturated heterocycles. The van der Waals surface area contributed by atoms with E-state index < -0.39 is 12.1 Å². The number of carbonyl (C=O) groups is 1. The van der Waals surface area contributed by atoms with Crippen LogP contribution < -0.4 is 4.48 Å². The first-order valence-corrected chi connectivity index (χ1v) is 4.28. The first-order chi connectivity index (χ1) is 6.71. The average Bonchev–Trinajstić information content (AvgIpc) is 2.94. The fourth-order valence-corrected chi connectivity index (χ4v) is 1.67. The van der Waals surface area contributed by atoms with E-state index in [2.05, 4.69) is 0 Å². The number of nitriles is 1. The van der Waals surface area contributed by atoms with E-state index in [0.717, 1.165) is 0 Å². The van der Waals surface area contributed by atoms with E-state index >= 15 is 0 Å². The quantitative estimate of drug-likeness (QED) is 0.539. The Morgan fingerprint density at radius 2 is 2.14 bits per heavy atom. The third-order valence-corrected chi connectivity index (χ3v) is 2.57. The van der Waals surface area contributed by atoms with Crippen molar-refractivity contribution >= 4 is 11.8 Å². The highest BCUT2D eigenvalue weighted by atomic mass is 16.4. The summed E-state index contributed by atoms with van der Waals surface area (Å²) in [5, 5.41) is 17.8. The van der Waals surface area contributed by atoms with E-state index in [4.69, 9.17) is 10.4 Å². The predicted molar refractivity (Wildman–Crippen MR) is 50.5 cm³/mol. The van der Waals surface area contributed by atoms with Crippen molar-refractivity contribution < 1.29 is 9.90 Å². The van der Waals surface area contributed by atoms with Crippen LogP contribution in [0, 0.1) is 11.3 Å². The third kappa shape index (κ3) is 0.998. The van der Waals surface area contributed by atoms with Crippen LogP contribution in [0.15, 0.2) is 30.3 Å². The van der Waals surface area contributed by atoms with E-state index in [1.807, 2.05) is 12.1 Å². The van der Waals surface area contributed by atoms with Crippen LogP contribution in [0.25, 0.3) is 0 Å². The van der Waals surface area contributed by atoms with Crippen molar-refractivity contribution in [3.63, 3.8) is 0 Å². The van der Waals surface area contributed by atoms with Crippen LogP contribution in [0.3, 0.4) is 0 Å². The maximum atomic E-state index is 11.1. The average molecular weight is 189 g/mol. The molecule has 2 unspecified atom stereocenters. The highest BCUT2D eigenvalue weighted by Crippen LogP contribution is 2.38. The molecule has 1 aliphatic heterocycles. The largest absolute Gasteiger partial charge is 0.520 e. The number of benzene rings is 1. The van der Waals surface area contributed by atoms with Gasteiger partial charge in [-0.1, -0.05) is 18.2 Å². The molecule has 4 nitrogen and oxygen atoms in total. The summed E-state index contributed by atoms with van der Waals surface area (Å²) >= 11 is 0. The number of hydrogen-bond acceptors (Lipinski definition) is 2. The molecule has 0 aliphatic carbocycles. The maximum absolute atomic E-state index is 11.1. The molecule has 0 spiro atoms. The minimum absolute atomic E-state index is 0.239. The number of nitrogens with zero attached hydrogens (tertiary/aromatic N) is 2. The smallest absolute Gasteiger partial charge is 0.435 e. The molecule has 1 aromatic rings. The van der Waals surface area contributed by atoms with Gasteiger partial charge in [-0.3, -0.25) is 0 Å². The van der Waals surface area contributed by atoms with Crippen molar-refractivity contribution in [2.24, 2.45) is 0 Å². The molecule has 1 aromatic carbocycles. The summed E-state index contributed by atoms with van der Waals surface area (Å²) in [5.74, 6) is 0. The van der Waals surface area contributed by atoms with E-state index in [-0.39, 0.29) is 4.48 Å². The van der Waals surface area contributed by atoms with E-state index in [1.165, 1.54) is 0 Å². The Labute approximate surface area is 81.2 Å². The van der Waals surface area contributed by atoms with Crippen LogP contribution in [0.4, 0.5) is 10.5 Å². The number of amides is 1. The molecule has 14 heavy (non-hydrogen) atoms. The van der Waals surface area contributed by atoms with Crippen molar-refractivity contribution in [2.75, 3.05) is 6.54 Å². The molecule has 0 radical (unpaired) electrons. The van der Waals surface area contributed by atoms with Crippen LogP contribution in [-0.4, -0.2) is 23.8 Å². The second-order valence-electron chi connectivity index (χ2n) is 3.31. The zero-order chi connectivity index (χ0) is 10.2. The first kappa shape index (κ1) is 8.73.